The number of fused-ring (bicyclic) bond motifs is 1. The van der Waals surface area contributed by atoms with Crippen molar-refractivity contribution in [3.8, 4) is 0 Å². The van der Waals surface area contributed by atoms with E-state index in [4.69, 9.17) is 0 Å². The first-order valence-electron chi connectivity index (χ1n) is 9.31. The number of nitrogens with one attached hydrogen (secondary N) is 2. The normalized spacial score (nSPS) is 11.4. The molecule has 0 saturated carbocycles. The van der Waals surface area contributed by atoms with Crippen molar-refractivity contribution < 1.29 is 4.79 Å². The highest BCUT2D eigenvalue weighted by molar-refractivity contribution is 9.09. The van der Waals surface area contributed by atoms with E-state index in [2.05, 4.69) is 37.5 Å². The van der Waals surface area contributed by atoms with Crippen LogP contribution in [0.4, 0.5) is 5.69 Å². The molecule has 6 heteroatoms. The third kappa shape index (κ3) is 4.33. The topological polar surface area (TPSA) is 57.8 Å². The first-order valence-corrected chi connectivity index (χ1v) is 11.3. The van der Waals surface area contributed by atoms with E-state index >= 15 is 0 Å². The number of hydrogen-bond acceptors (Lipinski definition) is 3. The molecule has 0 fully saturated rings. The van der Waals surface area contributed by atoms with Crippen LogP contribution in [0.25, 0.3) is 23.1 Å². The number of thiophene rings is 1. The SMILES string of the molecule is Cc1ccsc1C(=O)Nc1cc(CCBr)ccc1/C=C/c1n[nH]c2ccccc12. The molecule has 0 aliphatic heterocycles. The number of aromatic amines is 1. The second-order valence-electron chi connectivity index (χ2n) is 6.74. The molecular weight excluding hydrogens is 446 g/mol. The van der Waals surface area contributed by atoms with E-state index in [9.17, 15) is 4.79 Å². The van der Waals surface area contributed by atoms with Crippen LogP contribution in [0.1, 0.15) is 32.1 Å². The van der Waals surface area contributed by atoms with Gasteiger partial charge in [-0.25, -0.2) is 0 Å². The molecule has 0 bridgehead atoms. The van der Waals surface area contributed by atoms with Crippen LogP contribution in [-0.2, 0) is 6.42 Å². The van der Waals surface area contributed by atoms with Crippen molar-refractivity contribution in [3.05, 3.63) is 81.2 Å². The number of rotatable bonds is 6. The maximum Gasteiger partial charge on any atom is 0.266 e. The minimum atomic E-state index is -0.0756. The molecule has 0 aliphatic rings. The summed E-state index contributed by atoms with van der Waals surface area (Å²) in [4.78, 5) is 13.5. The maximum atomic E-state index is 12.8. The number of alkyl halides is 1. The summed E-state index contributed by atoms with van der Waals surface area (Å²) in [5.41, 5.74) is 5.78. The van der Waals surface area contributed by atoms with Gasteiger partial charge >= 0.3 is 0 Å². The number of aryl methyl sites for hydroxylation is 2. The van der Waals surface area contributed by atoms with E-state index in [1.54, 1.807) is 0 Å². The molecule has 2 aromatic heterocycles. The van der Waals surface area contributed by atoms with Gasteiger partial charge in [0, 0.05) is 16.4 Å². The average molecular weight is 466 g/mol. The minimum absolute atomic E-state index is 0.0756. The number of aromatic nitrogens is 2. The van der Waals surface area contributed by atoms with E-state index in [0.29, 0.717) is 0 Å². The molecule has 0 atom stereocenters. The van der Waals surface area contributed by atoms with Crippen molar-refractivity contribution in [2.75, 3.05) is 10.6 Å². The summed E-state index contributed by atoms with van der Waals surface area (Å²) in [6, 6.07) is 16.2. The number of halogens is 1. The monoisotopic (exact) mass is 465 g/mol. The van der Waals surface area contributed by atoms with E-state index in [1.165, 1.54) is 16.9 Å². The van der Waals surface area contributed by atoms with Gasteiger partial charge < -0.3 is 5.32 Å². The molecule has 0 radical (unpaired) electrons. The summed E-state index contributed by atoms with van der Waals surface area (Å²) in [7, 11) is 0. The molecule has 4 nitrogen and oxygen atoms in total. The number of nitrogens with zero attached hydrogens (tertiary/aromatic N) is 1. The van der Waals surface area contributed by atoms with Gasteiger partial charge in [0.15, 0.2) is 0 Å². The van der Waals surface area contributed by atoms with Crippen molar-refractivity contribution in [3.63, 3.8) is 0 Å². The predicted molar refractivity (Wildman–Crippen MR) is 126 cm³/mol. The molecule has 2 aromatic carbocycles. The van der Waals surface area contributed by atoms with Crippen LogP contribution in [0.5, 0.6) is 0 Å². The van der Waals surface area contributed by atoms with Gasteiger partial charge in [-0.1, -0.05) is 52.3 Å². The van der Waals surface area contributed by atoms with Crippen molar-refractivity contribution >= 4 is 61.9 Å². The Hall–Kier alpha value is -2.70. The van der Waals surface area contributed by atoms with Gasteiger partial charge in [-0.3, -0.25) is 9.89 Å². The average Bonchev–Trinajstić information content (AvgIpc) is 3.34. The Morgan fingerprint density at radius 3 is 2.86 bits per heavy atom. The molecule has 1 amide bonds. The summed E-state index contributed by atoms with van der Waals surface area (Å²) in [6.07, 6.45) is 4.87. The van der Waals surface area contributed by atoms with E-state index in [-0.39, 0.29) is 5.91 Å². The summed E-state index contributed by atoms with van der Waals surface area (Å²) >= 11 is 4.95. The second-order valence-corrected chi connectivity index (χ2v) is 8.44. The van der Waals surface area contributed by atoms with Crippen LogP contribution < -0.4 is 5.32 Å². The van der Waals surface area contributed by atoms with E-state index in [1.807, 2.05) is 66.9 Å². The van der Waals surface area contributed by atoms with E-state index < -0.39 is 0 Å². The number of carbonyl (C=O) groups excluding carboxylic acids is 1. The van der Waals surface area contributed by atoms with Crippen LogP contribution in [0.3, 0.4) is 0 Å². The molecule has 146 valence electrons. The van der Waals surface area contributed by atoms with Crippen LogP contribution in [0.15, 0.2) is 53.9 Å². The quantitative estimate of drug-likeness (QED) is 0.328. The Bertz CT molecular complexity index is 1190. The first kappa shape index (κ1) is 19.6. The fraction of sp³-hybridized carbons (Fsp3) is 0.130. The van der Waals surface area contributed by atoms with Crippen LogP contribution in [0.2, 0.25) is 0 Å². The highest BCUT2D eigenvalue weighted by atomic mass is 79.9. The number of carbonyl (C=O) groups is 1. The lowest BCUT2D eigenvalue weighted by atomic mass is 10.1. The molecule has 29 heavy (non-hydrogen) atoms. The molecular formula is C23H20BrN3OS. The Kier molecular flexibility index (Phi) is 5.92. The summed E-state index contributed by atoms with van der Waals surface area (Å²) in [5, 5.41) is 14.4. The van der Waals surface area contributed by atoms with Crippen molar-refractivity contribution in [2.45, 2.75) is 13.3 Å². The molecule has 2 N–H and O–H groups in total. The molecule has 0 unspecified atom stereocenters. The van der Waals surface area contributed by atoms with Gasteiger partial charge in [-0.05, 0) is 59.7 Å². The Labute approximate surface area is 181 Å². The molecule has 4 aromatic rings. The fourth-order valence-electron chi connectivity index (χ4n) is 3.19. The number of H-pyrrole nitrogens is 1. The zero-order chi connectivity index (χ0) is 20.2. The predicted octanol–water partition coefficient (Wildman–Crippen LogP) is 6.29. The lowest BCUT2D eigenvalue weighted by molar-refractivity contribution is 0.103. The van der Waals surface area contributed by atoms with Gasteiger partial charge in [0.25, 0.3) is 5.91 Å². The Morgan fingerprint density at radius 1 is 1.21 bits per heavy atom. The van der Waals surface area contributed by atoms with Crippen molar-refractivity contribution in [1.82, 2.24) is 10.2 Å². The lowest BCUT2D eigenvalue weighted by Gasteiger charge is -2.11. The highest BCUT2D eigenvalue weighted by Crippen LogP contribution is 2.25. The molecule has 0 aliphatic carbocycles. The van der Waals surface area contributed by atoms with E-state index in [0.717, 1.165) is 50.0 Å². The zero-order valence-electron chi connectivity index (χ0n) is 15.9. The highest BCUT2D eigenvalue weighted by Gasteiger charge is 2.13. The molecule has 2 heterocycles. The van der Waals surface area contributed by atoms with Gasteiger partial charge in [0.1, 0.15) is 0 Å². The zero-order valence-corrected chi connectivity index (χ0v) is 18.3. The van der Waals surface area contributed by atoms with Crippen LogP contribution in [-0.4, -0.2) is 21.4 Å². The molecule has 0 saturated heterocycles. The minimum Gasteiger partial charge on any atom is -0.321 e. The Balaban J connectivity index is 1.67. The van der Waals surface area contributed by atoms with Gasteiger partial charge in [-0.15, -0.1) is 11.3 Å². The first-order chi connectivity index (χ1) is 14.2. The third-order valence-corrected chi connectivity index (χ3v) is 6.15. The van der Waals surface area contributed by atoms with Crippen LogP contribution in [0, 0.1) is 6.92 Å². The largest absolute Gasteiger partial charge is 0.321 e. The number of para-hydroxylation sites is 1. The van der Waals surface area contributed by atoms with Gasteiger partial charge in [0.05, 0.1) is 16.1 Å². The van der Waals surface area contributed by atoms with Crippen LogP contribution >= 0.6 is 27.3 Å². The molecule has 0 spiro atoms. The van der Waals surface area contributed by atoms with Gasteiger partial charge in [-0.2, -0.15) is 5.10 Å². The van der Waals surface area contributed by atoms with Crippen molar-refractivity contribution in [1.29, 1.82) is 0 Å². The standard InChI is InChI=1S/C23H20BrN3OS/c1-15-11-13-29-22(15)23(28)25-21-14-16(10-12-24)6-7-17(21)8-9-20-18-4-2-3-5-19(18)26-27-20/h2-9,11,13-14H,10,12H2,1H3,(H,25,28)(H,26,27)/b9-8+. The molecule has 4 rings (SSSR count). The summed E-state index contributed by atoms with van der Waals surface area (Å²) in [5.74, 6) is -0.0756. The van der Waals surface area contributed by atoms with Crippen molar-refractivity contribution in [2.24, 2.45) is 0 Å². The number of benzene rings is 2. The smallest absolute Gasteiger partial charge is 0.266 e. The fourth-order valence-corrected chi connectivity index (χ4v) is 4.46. The lowest BCUT2D eigenvalue weighted by Crippen LogP contribution is -2.12. The number of hydrogen-bond donors (Lipinski definition) is 2. The number of amides is 1. The Morgan fingerprint density at radius 2 is 2.07 bits per heavy atom. The maximum absolute atomic E-state index is 12.8. The third-order valence-electron chi connectivity index (χ3n) is 4.74. The van der Waals surface area contributed by atoms with Gasteiger partial charge in [0.2, 0.25) is 0 Å². The second kappa shape index (κ2) is 8.76. The summed E-state index contributed by atoms with van der Waals surface area (Å²) < 4.78 is 0. The number of anilines is 1. The summed E-state index contributed by atoms with van der Waals surface area (Å²) in [6.45, 7) is 1.95.